The number of amides is 1. The van der Waals surface area contributed by atoms with Crippen LogP contribution in [0.3, 0.4) is 0 Å². The van der Waals surface area contributed by atoms with Gasteiger partial charge in [0.15, 0.2) is 0 Å². The fraction of sp³-hybridized carbons (Fsp3) is 0.300. The number of nitrogens with zero attached hydrogens (tertiary/aromatic N) is 1. The summed E-state index contributed by atoms with van der Waals surface area (Å²) in [6.45, 7) is -1.28. The normalized spacial score (nSPS) is 18.1. The van der Waals surface area contributed by atoms with Crippen molar-refractivity contribution in [2.75, 3.05) is 13.1 Å². The SMILES string of the molecule is O=C(c1ccc(Br)cc1F)N1CC(F)(F)C1. The lowest BCUT2D eigenvalue weighted by molar-refractivity contribution is -0.113. The zero-order valence-corrected chi connectivity index (χ0v) is 9.60. The Kier molecular flexibility index (Phi) is 2.69. The molecule has 1 heterocycles. The molecule has 1 amide bonds. The maximum atomic E-state index is 13.3. The topological polar surface area (TPSA) is 20.3 Å². The Bertz CT molecular complexity index is 442. The van der Waals surface area contributed by atoms with Gasteiger partial charge in [-0.05, 0) is 18.2 Å². The molecule has 0 unspecified atom stereocenters. The standard InChI is InChI=1S/C10H7BrF3NO/c11-6-1-2-7(8(12)3-6)9(16)15-4-10(13,14)5-15/h1-3H,4-5H2. The van der Waals surface area contributed by atoms with Gasteiger partial charge in [0.05, 0.1) is 18.7 Å². The molecule has 0 aliphatic carbocycles. The Balaban J connectivity index is 2.16. The van der Waals surface area contributed by atoms with Gasteiger partial charge in [-0.1, -0.05) is 15.9 Å². The van der Waals surface area contributed by atoms with Crippen LogP contribution >= 0.6 is 15.9 Å². The number of likely N-dealkylation sites (tertiary alicyclic amines) is 1. The van der Waals surface area contributed by atoms with E-state index in [1.165, 1.54) is 12.1 Å². The van der Waals surface area contributed by atoms with Crippen LogP contribution in [0.15, 0.2) is 22.7 Å². The lowest BCUT2D eigenvalue weighted by Crippen LogP contribution is -2.58. The summed E-state index contributed by atoms with van der Waals surface area (Å²) in [5.74, 6) is -4.24. The molecule has 0 bridgehead atoms. The van der Waals surface area contributed by atoms with Crippen molar-refractivity contribution < 1.29 is 18.0 Å². The number of alkyl halides is 2. The number of hydrogen-bond acceptors (Lipinski definition) is 1. The molecule has 1 aromatic carbocycles. The first-order valence-electron chi connectivity index (χ1n) is 4.51. The van der Waals surface area contributed by atoms with Gasteiger partial charge in [-0.25, -0.2) is 13.2 Å². The number of rotatable bonds is 1. The lowest BCUT2D eigenvalue weighted by atomic mass is 10.1. The van der Waals surface area contributed by atoms with Gasteiger partial charge in [0.25, 0.3) is 11.8 Å². The van der Waals surface area contributed by atoms with Gasteiger partial charge >= 0.3 is 0 Å². The molecule has 0 N–H and O–H groups in total. The minimum absolute atomic E-state index is 0.182. The largest absolute Gasteiger partial charge is 0.326 e. The van der Waals surface area contributed by atoms with Crippen molar-refractivity contribution in [1.29, 1.82) is 0 Å². The molecule has 86 valence electrons. The predicted molar refractivity (Wildman–Crippen MR) is 55.0 cm³/mol. The van der Waals surface area contributed by atoms with Crippen molar-refractivity contribution in [2.45, 2.75) is 5.92 Å². The molecule has 1 aromatic rings. The third kappa shape index (κ3) is 2.07. The van der Waals surface area contributed by atoms with E-state index in [4.69, 9.17) is 0 Å². The summed E-state index contributed by atoms with van der Waals surface area (Å²) in [5.41, 5.74) is -0.182. The van der Waals surface area contributed by atoms with Crippen molar-refractivity contribution in [2.24, 2.45) is 0 Å². The van der Waals surface area contributed by atoms with E-state index >= 15 is 0 Å². The second-order valence-corrected chi connectivity index (χ2v) is 4.56. The molecule has 2 rings (SSSR count). The zero-order valence-electron chi connectivity index (χ0n) is 8.01. The van der Waals surface area contributed by atoms with Crippen molar-refractivity contribution in [3.8, 4) is 0 Å². The van der Waals surface area contributed by atoms with E-state index in [9.17, 15) is 18.0 Å². The quantitative estimate of drug-likeness (QED) is 0.780. The van der Waals surface area contributed by atoms with Gasteiger partial charge in [0.1, 0.15) is 5.82 Å². The van der Waals surface area contributed by atoms with Crippen LogP contribution in [0.5, 0.6) is 0 Å². The first-order chi connectivity index (χ1) is 7.39. The zero-order chi connectivity index (χ0) is 11.9. The van der Waals surface area contributed by atoms with Crippen LogP contribution in [0.25, 0.3) is 0 Å². The van der Waals surface area contributed by atoms with Crippen LogP contribution in [0.2, 0.25) is 0 Å². The van der Waals surface area contributed by atoms with Crippen molar-refractivity contribution >= 4 is 21.8 Å². The molecule has 0 atom stereocenters. The highest BCUT2D eigenvalue weighted by Gasteiger charge is 2.46. The summed E-state index contributed by atoms with van der Waals surface area (Å²) >= 11 is 3.05. The molecule has 1 aliphatic rings. The molecule has 1 saturated heterocycles. The summed E-state index contributed by atoms with van der Waals surface area (Å²) in [5, 5.41) is 0. The summed E-state index contributed by atoms with van der Waals surface area (Å²) in [6.07, 6.45) is 0. The van der Waals surface area contributed by atoms with E-state index in [-0.39, 0.29) is 5.56 Å². The molecular weight excluding hydrogens is 287 g/mol. The van der Waals surface area contributed by atoms with Gasteiger partial charge in [-0.15, -0.1) is 0 Å². The summed E-state index contributed by atoms with van der Waals surface area (Å²) < 4.78 is 38.9. The smallest absolute Gasteiger partial charge is 0.282 e. The molecule has 6 heteroatoms. The van der Waals surface area contributed by atoms with Crippen LogP contribution in [0.1, 0.15) is 10.4 Å². The summed E-state index contributed by atoms with van der Waals surface area (Å²) in [4.78, 5) is 12.5. The maximum Gasteiger partial charge on any atom is 0.282 e. The maximum absolute atomic E-state index is 13.3. The average Bonchev–Trinajstić information content (AvgIpc) is 2.13. The van der Waals surface area contributed by atoms with E-state index in [2.05, 4.69) is 15.9 Å². The molecule has 16 heavy (non-hydrogen) atoms. The van der Waals surface area contributed by atoms with Gasteiger partial charge in [0, 0.05) is 4.47 Å². The molecular formula is C10H7BrF3NO. The Labute approximate surface area is 98.2 Å². The number of carbonyl (C=O) groups is 1. The molecule has 0 radical (unpaired) electrons. The first kappa shape index (κ1) is 11.4. The molecule has 1 aliphatic heterocycles. The summed E-state index contributed by atoms with van der Waals surface area (Å²) in [6, 6.07) is 3.90. The van der Waals surface area contributed by atoms with E-state index in [1.54, 1.807) is 0 Å². The third-order valence-electron chi connectivity index (χ3n) is 2.29. The van der Waals surface area contributed by atoms with Gasteiger partial charge in [0.2, 0.25) is 0 Å². The third-order valence-corrected chi connectivity index (χ3v) is 2.79. The Morgan fingerprint density at radius 3 is 2.50 bits per heavy atom. The Morgan fingerprint density at radius 2 is 2.00 bits per heavy atom. The average molecular weight is 294 g/mol. The predicted octanol–water partition coefficient (Wildman–Crippen LogP) is 2.68. The number of carbonyl (C=O) groups excluding carboxylic acids is 1. The van der Waals surface area contributed by atoms with Crippen LogP contribution in [-0.4, -0.2) is 29.8 Å². The molecule has 0 aromatic heterocycles. The van der Waals surface area contributed by atoms with Crippen molar-refractivity contribution in [1.82, 2.24) is 4.90 Å². The second kappa shape index (κ2) is 3.76. The second-order valence-electron chi connectivity index (χ2n) is 3.64. The first-order valence-corrected chi connectivity index (χ1v) is 5.30. The lowest BCUT2D eigenvalue weighted by Gasteiger charge is -2.38. The fourth-order valence-electron chi connectivity index (χ4n) is 1.49. The highest BCUT2D eigenvalue weighted by molar-refractivity contribution is 9.10. The minimum atomic E-state index is -2.83. The molecule has 2 nitrogen and oxygen atoms in total. The van der Waals surface area contributed by atoms with Crippen molar-refractivity contribution in [3.05, 3.63) is 34.1 Å². The molecule has 0 spiro atoms. The highest BCUT2D eigenvalue weighted by Crippen LogP contribution is 2.28. The number of halogens is 4. The molecule has 1 fully saturated rings. The molecule has 0 saturated carbocycles. The monoisotopic (exact) mass is 293 g/mol. The van der Waals surface area contributed by atoms with Gasteiger partial charge < -0.3 is 4.90 Å². The highest BCUT2D eigenvalue weighted by atomic mass is 79.9. The number of benzene rings is 1. The minimum Gasteiger partial charge on any atom is -0.326 e. The van der Waals surface area contributed by atoms with Crippen LogP contribution < -0.4 is 0 Å². The van der Waals surface area contributed by atoms with Crippen LogP contribution in [-0.2, 0) is 0 Å². The Hall–Kier alpha value is -1.04. The number of hydrogen-bond donors (Lipinski definition) is 0. The van der Waals surface area contributed by atoms with E-state index in [1.807, 2.05) is 0 Å². The van der Waals surface area contributed by atoms with E-state index < -0.39 is 30.7 Å². The van der Waals surface area contributed by atoms with E-state index in [0.717, 1.165) is 11.0 Å². The van der Waals surface area contributed by atoms with Crippen molar-refractivity contribution in [3.63, 3.8) is 0 Å². The van der Waals surface area contributed by atoms with Crippen LogP contribution in [0, 0.1) is 5.82 Å². The summed E-state index contributed by atoms with van der Waals surface area (Å²) in [7, 11) is 0. The van der Waals surface area contributed by atoms with E-state index in [0.29, 0.717) is 4.47 Å². The van der Waals surface area contributed by atoms with Crippen LogP contribution in [0.4, 0.5) is 13.2 Å². The van der Waals surface area contributed by atoms with Gasteiger partial charge in [-0.3, -0.25) is 4.79 Å². The fourth-order valence-corrected chi connectivity index (χ4v) is 1.82. The Morgan fingerprint density at radius 1 is 1.38 bits per heavy atom. The van der Waals surface area contributed by atoms with Gasteiger partial charge in [-0.2, -0.15) is 0 Å².